The highest BCUT2D eigenvalue weighted by Crippen LogP contribution is 2.29. The summed E-state index contributed by atoms with van der Waals surface area (Å²) in [6.45, 7) is 9.15. The Morgan fingerprint density at radius 3 is 2.33 bits per heavy atom. The molecule has 1 fully saturated rings. The average Bonchev–Trinajstić information content (AvgIpc) is 2.14. The first-order valence-corrected chi connectivity index (χ1v) is 6.22. The van der Waals surface area contributed by atoms with Gasteiger partial charge in [0.25, 0.3) is 0 Å². The molecule has 1 saturated carbocycles. The van der Waals surface area contributed by atoms with Gasteiger partial charge in [-0.25, -0.2) is 0 Å². The van der Waals surface area contributed by atoms with E-state index in [-0.39, 0.29) is 6.10 Å². The minimum Gasteiger partial charge on any atom is -0.393 e. The van der Waals surface area contributed by atoms with Gasteiger partial charge in [-0.1, -0.05) is 20.8 Å². The molecule has 0 spiro atoms. The molecule has 0 radical (unpaired) electrons. The molecule has 3 atom stereocenters. The van der Waals surface area contributed by atoms with Crippen molar-refractivity contribution in [2.45, 2.75) is 71.6 Å². The maximum atomic E-state index is 9.69. The number of hydrogen-bond acceptors (Lipinski definition) is 2. The summed E-state index contributed by atoms with van der Waals surface area (Å²) < 4.78 is 0. The molecule has 0 saturated heterocycles. The molecule has 0 heterocycles. The highest BCUT2D eigenvalue weighted by atomic mass is 16.3. The van der Waals surface area contributed by atoms with Gasteiger partial charge in [0.1, 0.15) is 0 Å². The summed E-state index contributed by atoms with van der Waals surface area (Å²) in [7, 11) is 2.21. The third-order valence-electron chi connectivity index (χ3n) is 4.06. The van der Waals surface area contributed by atoms with Crippen molar-refractivity contribution in [3.63, 3.8) is 0 Å². The van der Waals surface area contributed by atoms with E-state index >= 15 is 0 Å². The molecule has 1 N–H and O–H groups in total. The minimum atomic E-state index is -0.0710. The lowest BCUT2D eigenvalue weighted by atomic mass is 9.84. The third-order valence-corrected chi connectivity index (χ3v) is 4.06. The van der Waals surface area contributed by atoms with Gasteiger partial charge >= 0.3 is 0 Å². The second kappa shape index (κ2) is 4.84. The summed E-state index contributed by atoms with van der Waals surface area (Å²) in [5, 5.41) is 9.69. The summed E-state index contributed by atoms with van der Waals surface area (Å²) >= 11 is 0. The van der Waals surface area contributed by atoms with Crippen molar-refractivity contribution in [2.24, 2.45) is 5.41 Å². The van der Waals surface area contributed by atoms with Crippen LogP contribution in [0.2, 0.25) is 0 Å². The van der Waals surface area contributed by atoms with E-state index in [4.69, 9.17) is 0 Å². The van der Waals surface area contributed by atoms with E-state index in [1.807, 2.05) is 0 Å². The van der Waals surface area contributed by atoms with Crippen molar-refractivity contribution in [2.75, 3.05) is 7.05 Å². The topological polar surface area (TPSA) is 23.5 Å². The van der Waals surface area contributed by atoms with Crippen LogP contribution in [0.3, 0.4) is 0 Å². The minimum absolute atomic E-state index is 0.0710. The first kappa shape index (κ1) is 13.0. The van der Waals surface area contributed by atoms with Crippen LogP contribution >= 0.6 is 0 Å². The largest absolute Gasteiger partial charge is 0.393 e. The third kappa shape index (κ3) is 3.46. The van der Waals surface area contributed by atoms with Gasteiger partial charge in [0.05, 0.1) is 6.10 Å². The van der Waals surface area contributed by atoms with Crippen LogP contribution in [0.25, 0.3) is 0 Å². The van der Waals surface area contributed by atoms with Gasteiger partial charge in [-0.2, -0.15) is 0 Å². The molecule has 0 amide bonds. The molecule has 1 aliphatic rings. The van der Waals surface area contributed by atoms with Crippen LogP contribution in [0.5, 0.6) is 0 Å². The maximum absolute atomic E-state index is 9.69. The first-order chi connectivity index (χ1) is 6.82. The molecule has 3 unspecified atom stereocenters. The Labute approximate surface area is 94.7 Å². The molecule has 0 aromatic rings. The SMILES string of the molecule is CC(N(C)C1CCCC(O)C1)C(C)(C)C. The number of hydrogen-bond donors (Lipinski definition) is 1. The lowest BCUT2D eigenvalue weighted by Crippen LogP contribution is -2.47. The Balaban J connectivity index is 2.55. The van der Waals surface area contributed by atoms with E-state index in [2.05, 4.69) is 39.6 Å². The van der Waals surface area contributed by atoms with E-state index in [9.17, 15) is 5.11 Å². The molecule has 90 valence electrons. The van der Waals surface area contributed by atoms with Crippen LogP contribution in [0, 0.1) is 5.41 Å². The molecule has 2 heteroatoms. The van der Waals surface area contributed by atoms with Gasteiger partial charge in [-0.15, -0.1) is 0 Å². The van der Waals surface area contributed by atoms with Crippen molar-refractivity contribution in [1.29, 1.82) is 0 Å². The summed E-state index contributed by atoms with van der Waals surface area (Å²) in [5.41, 5.74) is 0.317. The first-order valence-electron chi connectivity index (χ1n) is 6.22. The smallest absolute Gasteiger partial charge is 0.0555 e. The van der Waals surface area contributed by atoms with Crippen molar-refractivity contribution < 1.29 is 5.11 Å². The van der Waals surface area contributed by atoms with E-state index in [0.29, 0.717) is 17.5 Å². The summed E-state index contributed by atoms with van der Waals surface area (Å²) in [4.78, 5) is 2.46. The van der Waals surface area contributed by atoms with E-state index in [0.717, 1.165) is 12.8 Å². The maximum Gasteiger partial charge on any atom is 0.0555 e. The molecule has 0 bridgehead atoms. The fourth-order valence-corrected chi connectivity index (χ4v) is 2.44. The molecule has 2 nitrogen and oxygen atoms in total. The Bertz CT molecular complexity index is 197. The lowest BCUT2D eigenvalue weighted by molar-refractivity contribution is 0.0308. The molecular weight excluding hydrogens is 186 g/mol. The highest BCUT2D eigenvalue weighted by Gasteiger charge is 2.31. The summed E-state index contributed by atoms with van der Waals surface area (Å²) in [6, 6.07) is 1.13. The van der Waals surface area contributed by atoms with E-state index in [1.54, 1.807) is 0 Å². The van der Waals surface area contributed by atoms with Crippen molar-refractivity contribution in [3.8, 4) is 0 Å². The summed E-state index contributed by atoms with van der Waals surface area (Å²) in [6.07, 6.45) is 4.30. The number of aliphatic hydroxyl groups excluding tert-OH is 1. The Hall–Kier alpha value is -0.0800. The molecule has 0 aromatic carbocycles. The van der Waals surface area contributed by atoms with Crippen LogP contribution in [-0.4, -0.2) is 35.2 Å². The van der Waals surface area contributed by atoms with Gasteiger partial charge < -0.3 is 10.0 Å². The molecule has 0 aromatic heterocycles. The van der Waals surface area contributed by atoms with Crippen LogP contribution in [0.4, 0.5) is 0 Å². The van der Waals surface area contributed by atoms with Crippen LogP contribution < -0.4 is 0 Å². The van der Waals surface area contributed by atoms with Gasteiger partial charge in [-0.05, 0) is 45.1 Å². The quantitative estimate of drug-likeness (QED) is 0.762. The number of nitrogens with zero attached hydrogens (tertiary/aromatic N) is 1. The van der Waals surface area contributed by atoms with Gasteiger partial charge in [0.2, 0.25) is 0 Å². The fraction of sp³-hybridized carbons (Fsp3) is 1.00. The Morgan fingerprint density at radius 2 is 1.87 bits per heavy atom. The van der Waals surface area contributed by atoms with E-state index in [1.165, 1.54) is 12.8 Å². The second-order valence-corrected chi connectivity index (χ2v) is 6.18. The Morgan fingerprint density at radius 1 is 1.27 bits per heavy atom. The van der Waals surface area contributed by atoms with Crippen LogP contribution in [-0.2, 0) is 0 Å². The monoisotopic (exact) mass is 213 g/mol. The van der Waals surface area contributed by atoms with Crippen molar-refractivity contribution in [1.82, 2.24) is 4.90 Å². The predicted molar refractivity (Wildman–Crippen MR) is 64.9 cm³/mol. The van der Waals surface area contributed by atoms with Gasteiger partial charge in [0.15, 0.2) is 0 Å². The molecule has 1 rings (SSSR count). The lowest BCUT2D eigenvalue weighted by Gasteiger charge is -2.42. The number of rotatable bonds is 2. The van der Waals surface area contributed by atoms with Crippen LogP contribution in [0.1, 0.15) is 53.4 Å². The predicted octanol–water partition coefficient (Wildman–Crippen LogP) is 2.66. The molecule has 15 heavy (non-hydrogen) atoms. The zero-order chi connectivity index (χ0) is 11.6. The zero-order valence-corrected chi connectivity index (χ0v) is 11.0. The zero-order valence-electron chi connectivity index (χ0n) is 11.0. The van der Waals surface area contributed by atoms with Crippen molar-refractivity contribution >= 4 is 0 Å². The summed E-state index contributed by atoms with van der Waals surface area (Å²) in [5.74, 6) is 0. The van der Waals surface area contributed by atoms with Crippen molar-refractivity contribution in [3.05, 3.63) is 0 Å². The highest BCUT2D eigenvalue weighted by molar-refractivity contribution is 4.85. The average molecular weight is 213 g/mol. The standard InChI is InChI=1S/C13H27NO/c1-10(13(2,3)4)14(5)11-7-6-8-12(15)9-11/h10-12,15H,6-9H2,1-5H3. The Kier molecular flexibility index (Phi) is 4.19. The molecule has 0 aliphatic heterocycles. The number of aliphatic hydroxyl groups is 1. The normalized spacial score (nSPS) is 30.6. The van der Waals surface area contributed by atoms with Gasteiger partial charge in [0, 0.05) is 12.1 Å². The second-order valence-electron chi connectivity index (χ2n) is 6.18. The van der Waals surface area contributed by atoms with Crippen LogP contribution in [0.15, 0.2) is 0 Å². The van der Waals surface area contributed by atoms with E-state index < -0.39 is 0 Å². The fourth-order valence-electron chi connectivity index (χ4n) is 2.44. The molecule has 1 aliphatic carbocycles. The van der Waals surface area contributed by atoms with Gasteiger partial charge in [-0.3, -0.25) is 0 Å². The molecular formula is C13H27NO.